The minimum Gasteiger partial charge on any atom is -0.367 e. The van der Waals surface area contributed by atoms with Crippen LogP contribution in [0.3, 0.4) is 0 Å². The van der Waals surface area contributed by atoms with Crippen molar-refractivity contribution in [1.82, 2.24) is 10.2 Å². The molecule has 1 aromatic rings. The Morgan fingerprint density at radius 3 is 2.39 bits per heavy atom. The van der Waals surface area contributed by atoms with Gasteiger partial charge in [-0.15, -0.1) is 0 Å². The Bertz CT molecular complexity index is 540. The van der Waals surface area contributed by atoms with Gasteiger partial charge in [0, 0.05) is 37.9 Å². The number of amides is 2. The summed E-state index contributed by atoms with van der Waals surface area (Å²) >= 11 is 0. The molecular weight excluding hydrogens is 307 g/mol. The van der Waals surface area contributed by atoms with Gasteiger partial charge in [0.1, 0.15) is 0 Å². The van der Waals surface area contributed by atoms with Crippen molar-refractivity contribution in [2.75, 3.05) is 31.1 Å². The van der Waals surface area contributed by atoms with E-state index in [2.05, 4.69) is 5.32 Å². The van der Waals surface area contributed by atoms with Crippen molar-refractivity contribution < 1.29 is 18.0 Å². The molecule has 1 unspecified atom stereocenters. The summed E-state index contributed by atoms with van der Waals surface area (Å²) in [5.41, 5.74) is -0.445. The lowest BCUT2D eigenvalue weighted by atomic mass is 10.1. The quantitative estimate of drug-likeness (QED) is 0.923. The largest absolute Gasteiger partial charge is 0.418 e. The van der Waals surface area contributed by atoms with Gasteiger partial charge in [-0.25, -0.2) is 4.79 Å². The van der Waals surface area contributed by atoms with Crippen LogP contribution in [0.5, 0.6) is 0 Å². The van der Waals surface area contributed by atoms with E-state index in [9.17, 15) is 18.0 Å². The Balaban J connectivity index is 2.02. The molecule has 1 N–H and O–H groups in total. The maximum atomic E-state index is 13.1. The lowest BCUT2D eigenvalue weighted by Crippen LogP contribution is -2.53. The summed E-state index contributed by atoms with van der Waals surface area (Å²) in [5.74, 6) is 0. The van der Waals surface area contributed by atoms with Crippen LogP contribution in [0.15, 0.2) is 24.3 Å². The number of nitrogens with one attached hydrogen (secondary N) is 1. The van der Waals surface area contributed by atoms with Crippen LogP contribution in [0.4, 0.5) is 23.7 Å². The molecule has 2 rings (SSSR count). The van der Waals surface area contributed by atoms with Crippen molar-refractivity contribution in [2.45, 2.75) is 32.5 Å². The van der Waals surface area contributed by atoms with Gasteiger partial charge in [0.25, 0.3) is 0 Å². The van der Waals surface area contributed by atoms with Crippen LogP contribution in [0.2, 0.25) is 0 Å². The molecule has 7 heteroatoms. The van der Waals surface area contributed by atoms with E-state index < -0.39 is 11.7 Å². The third kappa shape index (κ3) is 4.30. The van der Waals surface area contributed by atoms with E-state index in [1.165, 1.54) is 12.1 Å². The van der Waals surface area contributed by atoms with Crippen molar-refractivity contribution in [3.05, 3.63) is 29.8 Å². The molecule has 0 saturated carbocycles. The number of hydrogen-bond donors (Lipinski definition) is 1. The summed E-state index contributed by atoms with van der Waals surface area (Å²) < 4.78 is 39.3. The molecule has 2 amide bonds. The fourth-order valence-corrected chi connectivity index (χ4v) is 2.54. The van der Waals surface area contributed by atoms with Gasteiger partial charge in [0.05, 0.1) is 5.56 Å². The maximum Gasteiger partial charge on any atom is 0.418 e. The number of para-hydroxylation sites is 1. The number of carbonyl (C=O) groups excluding carboxylic acids is 1. The number of anilines is 1. The predicted octanol–water partition coefficient (Wildman–Crippen LogP) is 3.34. The van der Waals surface area contributed by atoms with Gasteiger partial charge in [-0.2, -0.15) is 13.2 Å². The molecule has 1 heterocycles. The standard InChI is InChI=1S/C16H22F3N3O/c1-3-12(2)20-15(23)22-10-8-21(9-11-22)14-7-5-4-6-13(14)16(17,18)19/h4-7,12H,3,8-11H2,1-2H3,(H,20,23). The highest BCUT2D eigenvalue weighted by Crippen LogP contribution is 2.36. The van der Waals surface area contributed by atoms with E-state index in [4.69, 9.17) is 0 Å². The van der Waals surface area contributed by atoms with Gasteiger partial charge in [-0.05, 0) is 25.5 Å². The lowest BCUT2D eigenvalue weighted by molar-refractivity contribution is -0.137. The number of alkyl halides is 3. The molecule has 1 aromatic carbocycles. The second kappa shape index (κ2) is 7.10. The Kier molecular flexibility index (Phi) is 5.38. The zero-order valence-corrected chi connectivity index (χ0v) is 13.4. The van der Waals surface area contributed by atoms with Gasteiger partial charge in [0.15, 0.2) is 0 Å². The molecule has 0 radical (unpaired) electrons. The predicted molar refractivity (Wildman–Crippen MR) is 83.5 cm³/mol. The van der Waals surface area contributed by atoms with Crippen LogP contribution in [0, 0.1) is 0 Å². The highest BCUT2D eigenvalue weighted by Gasteiger charge is 2.35. The average molecular weight is 329 g/mol. The van der Waals surface area contributed by atoms with Crippen molar-refractivity contribution >= 4 is 11.7 Å². The number of halogens is 3. The molecule has 1 atom stereocenters. The van der Waals surface area contributed by atoms with E-state index in [0.717, 1.165) is 12.5 Å². The number of rotatable bonds is 3. The number of hydrogen-bond acceptors (Lipinski definition) is 2. The van der Waals surface area contributed by atoms with Gasteiger partial charge in [-0.1, -0.05) is 19.1 Å². The molecule has 0 bridgehead atoms. The maximum absolute atomic E-state index is 13.1. The normalized spacial score (nSPS) is 17.1. The van der Waals surface area contributed by atoms with Crippen molar-refractivity contribution in [1.29, 1.82) is 0 Å². The first-order valence-electron chi connectivity index (χ1n) is 7.79. The molecule has 23 heavy (non-hydrogen) atoms. The van der Waals surface area contributed by atoms with Gasteiger partial charge < -0.3 is 15.1 Å². The van der Waals surface area contributed by atoms with Crippen molar-refractivity contribution in [3.63, 3.8) is 0 Å². The average Bonchev–Trinajstić information content (AvgIpc) is 2.54. The van der Waals surface area contributed by atoms with Crippen LogP contribution in [-0.2, 0) is 6.18 Å². The molecule has 1 fully saturated rings. The molecule has 0 aromatic heterocycles. The lowest BCUT2D eigenvalue weighted by Gasteiger charge is -2.37. The monoisotopic (exact) mass is 329 g/mol. The van der Waals surface area contributed by atoms with E-state index in [1.54, 1.807) is 15.9 Å². The smallest absolute Gasteiger partial charge is 0.367 e. The molecule has 1 aliphatic heterocycles. The first-order valence-corrected chi connectivity index (χ1v) is 7.79. The van der Waals surface area contributed by atoms with Crippen LogP contribution in [0.25, 0.3) is 0 Å². The van der Waals surface area contributed by atoms with Gasteiger partial charge >= 0.3 is 12.2 Å². The first kappa shape index (κ1) is 17.4. The van der Waals surface area contributed by atoms with Crippen LogP contribution >= 0.6 is 0 Å². The third-order valence-corrected chi connectivity index (χ3v) is 4.10. The van der Waals surface area contributed by atoms with Crippen LogP contribution < -0.4 is 10.2 Å². The third-order valence-electron chi connectivity index (χ3n) is 4.10. The molecule has 4 nitrogen and oxygen atoms in total. The molecule has 1 aliphatic rings. The second-order valence-corrected chi connectivity index (χ2v) is 5.75. The Morgan fingerprint density at radius 2 is 1.83 bits per heavy atom. The molecule has 0 aliphatic carbocycles. The number of piperazine rings is 1. The zero-order chi connectivity index (χ0) is 17.0. The van der Waals surface area contributed by atoms with Crippen LogP contribution in [0.1, 0.15) is 25.8 Å². The molecule has 0 spiro atoms. The van der Waals surface area contributed by atoms with Crippen molar-refractivity contribution in [2.24, 2.45) is 0 Å². The van der Waals surface area contributed by atoms with Gasteiger partial charge in [0.2, 0.25) is 0 Å². The molecule has 1 saturated heterocycles. The molecule has 128 valence electrons. The Morgan fingerprint density at radius 1 is 1.22 bits per heavy atom. The Labute approximate surface area is 134 Å². The number of urea groups is 1. The van der Waals surface area contributed by atoms with E-state index in [0.29, 0.717) is 26.2 Å². The SMILES string of the molecule is CCC(C)NC(=O)N1CCN(c2ccccc2C(F)(F)F)CC1. The number of nitrogens with zero attached hydrogens (tertiary/aromatic N) is 2. The summed E-state index contributed by atoms with van der Waals surface area (Å²) in [6.45, 7) is 5.51. The van der Waals surface area contributed by atoms with Gasteiger partial charge in [-0.3, -0.25) is 0 Å². The Hall–Kier alpha value is -1.92. The zero-order valence-electron chi connectivity index (χ0n) is 13.4. The van der Waals surface area contributed by atoms with Crippen LogP contribution in [-0.4, -0.2) is 43.2 Å². The summed E-state index contributed by atoms with van der Waals surface area (Å²) in [4.78, 5) is 15.4. The summed E-state index contributed by atoms with van der Waals surface area (Å²) in [6, 6.07) is 5.51. The molecular formula is C16H22F3N3O. The van der Waals surface area contributed by atoms with Crippen molar-refractivity contribution in [3.8, 4) is 0 Å². The minimum absolute atomic E-state index is 0.0893. The first-order chi connectivity index (χ1) is 10.8. The highest BCUT2D eigenvalue weighted by atomic mass is 19.4. The summed E-state index contributed by atoms with van der Waals surface area (Å²) in [6.07, 6.45) is -3.54. The topological polar surface area (TPSA) is 35.6 Å². The van der Waals surface area contributed by atoms with E-state index in [1.807, 2.05) is 13.8 Å². The number of carbonyl (C=O) groups is 1. The summed E-state index contributed by atoms with van der Waals surface area (Å²) in [7, 11) is 0. The fourth-order valence-electron chi connectivity index (χ4n) is 2.54. The highest BCUT2D eigenvalue weighted by molar-refractivity contribution is 5.75. The fraction of sp³-hybridized carbons (Fsp3) is 0.562. The minimum atomic E-state index is -4.37. The second-order valence-electron chi connectivity index (χ2n) is 5.75. The van der Waals surface area contributed by atoms with E-state index >= 15 is 0 Å². The van der Waals surface area contributed by atoms with E-state index in [-0.39, 0.29) is 17.8 Å². The summed E-state index contributed by atoms with van der Waals surface area (Å²) in [5, 5.41) is 2.88. The number of benzene rings is 1.